The number of nitro benzene ring substituents is 1. The monoisotopic (exact) mass is 347 g/mol. The number of nitro groups is 1. The molecule has 0 aliphatic carbocycles. The fourth-order valence-corrected chi connectivity index (χ4v) is 4.74. The molecule has 8 heteroatoms. The number of hydrogen-bond donors (Lipinski definition) is 0. The van der Waals surface area contributed by atoms with Gasteiger partial charge in [-0.2, -0.15) is 4.31 Å². The van der Waals surface area contributed by atoms with E-state index in [9.17, 15) is 18.5 Å². The van der Waals surface area contributed by atoms with Gasteiger partial charge in [0.25, 0.3) is 5.69 Å². The Morgan fingerprint density at radius 3 is 2.58 bits per heavy atom. The smallest absolute Gasteiger partial charge is 0.260 e. The number of nitrogens with zero attached hydrogens (tertiary/aromatic N) is 3. The molecule has 1 aromatic carbocycles. The lowest BCUT2D eigenvalue weighted by Crippen LogP contribution is -2.32. The molecule has 7 nitrogen and oxygen atoms in total. The molecule has 0 amide bonds. The van der Waals surface area contributed by atoms with Gasteiger partial charge in [0.1, 0.15) is 0 Å². The highest BCUT2D eigenvalue weighted by Gasteiger charge is 2.35. The Morgan fingerprint density at radius 1 is 1.21 bits per heavy atom. The summed E-state index contributed by atoms with van der Waals surface area (Å²) in [6.07, 6.45) is 3.20. The molecule has 2 heterocycles. The Hall–Kier alpha value is -2.32. The topological polar surface area (TPSA) is 93.4 Å². The second-order valence-electron chi connectivity index (χ2n) is 5.70. The lowest BCUT2D eigenvalue weighted by atomic mass is 10.1. The maximum atomic E-state index is 12.8. The van der Waals surface area contributed by atoms with Crippen LogP contribution in [0, 0.1) is 10.1 Å². The van der Waals surface area contributed by atoms with Crippen LogP contribution >= 0.6 is 0 Å². The van der Waals surface area contributed by atoms with E-state index >= 15 is 0 Å². The van der Waals surface area contributed by atoms with Gasteiger partial charge in [0, 0.05) is 24.9 Å². The van der Waals surface area contributed by atoms with Crippen molar-refractivity contribution in [3.05, 3.63) is 70.0 Å². The molecule has 1 atom stereocenters. The van der Waals surface area contributed by atoms with Crippen molar-refractivity contribution < 1.29 is 13.3 Å². The molecule has 1 aromatic heterocycles. The summed E-state index contributed by atoms with van der Waals surface area (Å²) in [4.78, 5) is 14.5. The quantitative estimate of drug-likeness (QED) is 0.612. The number of hydrogen-bond acceptors (Lipinski definition) is 5. The second kappa shape index (κ2) is 6.66. The molecule has 0 radical (unpaired) electrons. The average molecular weight is 347 g/mol. The zero-order valence-corrected chi connectivity index (χ0v) is 13.7. The molecule has 0 saturated carbocycles. The zero-order valence-electron chi connectivity index (χ0n) is 12.9. The van der Waals surface area contributed by atoms with E-state index in [2.05, 4.69) is 4.98 Å². The van der Waals surface area contributed by atoms with Crippen molar-refractivity contribution in [2.45, 2.75) is 24.6 Å². The first-order chi connectivity index (χ1) is 11.5. The summed E-state index contributed by atoms with van der Waals surface area (Å²) in [5.74, 6) is -0.172. The van der Waals surface area contributed by atoms with E-state index in [0.29, 0.717) is 12.1 Å². The Labute approximate surface area is 140 Å². The molecular formula is C16H17N3O4S. The van der Waals surface area contributed by atoms with Crippen LogP contribution in [0.3, 0.4) is 0 Å². The predicted octanol–water partition coefficient (Wildman–Crippen LogP) is 2.66. The SMILES string of the molecule is O=[N+]([O-])c1ccc(CS(=O)(=O)N2CCC[C@H]2c2ccccn2)cc1. The predicted molar refractivity (Wildman–Crippen MR) is 88.6 cm³/mol. The summed E-state index contributed by atoms with van der Waals surface area (Å²) in [6.45, 7) is 0.469. The largest absolute Gasteiger partial charge is 0.269 e. The number of benzene rings is 1. The van der Waals surface area contributed by atoms with Gasteiger partial charge in [-0.05, 0) is 30.5 Å². The molecule has 1 aliphatic heterocycles. The minimum atomic E-state index is -3.52. The van der Waals surface area contributed by atoms with E-state index in [-0.39, 0.29) is 17.5 Å². The summed E-state index contributed by atoms with van der Waals surface area (Å²) in [5, 5.41) is 10.7. The maximum absolute atomic E-state index is 12.8. The van der Waals surface area contributed by atoms with E-state index in [1.807, 2.05) is 12.1 Å². The molecule has 126 valence electrons. The molecule has 3 rings (SSSR count). The number of aromatic nitrogens is 1. The molecule has 24 heavy (non-hydrogen) atoms. The summed E-state index contributed by atoms with van der Waals surface area (Å²) >= 11 is 0. The van der Waals surface area contributed by atoms with E-state index < -0.39 is 14.9 Å². The summed E-state index contributed by atoms with van der Waals surface area (Å²) < 4.78 is 27.0. The molecule has 1 aliphatic rings. The molecule has 1 saturated heterocycles. The van der Waals surface area contributed by atoms with E-state index in [4.69, 9.17) is 0 Å². The van der Waals surface area contributed by atoms with Crippen LogP contribution in [-0.4, -0.2) is 29.2 Å². The van der Waals surface area contributed by atoms with Gasteiger partial charge in [0.05, 0.1) is 22.4 Å². The third-order valence-electron chi connectivity index (χ3n) is 4.09. The fraction of sp³-hybridized carbons (Fsp3) is 0.312. The summed E-state index contributed by atoms with van der Waals surface area (Å²) in [6, 6.07) is 10.9. The van der Waals surface area contributed by atoms with Crippen LogP contribution in [0.5, 0.6) is 0 Å². The second-order valence-corrected chi connectivity index (χ2v) is 7.62. The molecule has 0 N–H and O–H groups in total. The van der Waals surface area contributed by atoms with Crippen LogP contribution in [-0.2, 0) is 15.8 Å². The Balaban J connectivity index is 1.80. The summed E-state index contributed by atoms with van der Waals surface area (Å²) in [5.41, 5.74) is 1.23. The van der Waals surface area contributed by atoms with E-state index in [1.54, 1.807) is 12.3 Å². The first kappa shape index (κ1) is 16.5. The molecule has 2 aromatic rings. The van der Waals surface area contributed by atoms with Crippen LogP contribution in [0.15, 0.2) is 48.7 Å². The Bertz CT molecular complexity index is 822. The third kappa shape index (κ3) is 3.44. The number of non-ortho nitro benzene ring substituents is 1. The highest BCUT2D eigenvalue weighted by Crippen LogP contribution is 2.34. The lowest BCUT2D eigenvalue weighted by molar-refractivity contribution is -0.384. The normalized spacial score (nSPS) is 18.6. The number of sulfonamides is 1. The molecule has 0 spiro atoms. The van der Waals surface area contributed by atoms with Crippen LogP contribution in [0.1, 0.15) is 30.1 Å². The minimum absolute atomic E-state index is 0.0521. The van der Waals surface area contributed by atoms with Gasteiger partial charge in [-0.3, -0.25) is 15.1 Å². The molecule has 0 bridgehead atoms. The van der Waals surface area contributed by atoms with Crippen molar-refractivity contribution >= 4 is 15.7 Å². The van der Waals surface area contributed by atoms with Gasteiger partial charge in [-0.1, -0.05) is 18.2 Å². The van der Waals surface area contributed by atoms with Crippen molar-refractivity contribution in [2.24, 2.45) is 0 Å². The van der Waals surface area contributed by atoms with Gasteiger partial charge < -0.3 is 0 Å². The minimum Gasteiger partial charge on any atom is -0.260 e. The lowest BCUT2D eigenvalue weighted by Gasteiger charge is -2.23. The molecular weight excluding hydrogens is 330 g/mol. The number of rotatable bonds is 5. The van der Waals surface area contributed by atoms with Crippen LogP contribution in [0.4, 0.5) is 5.69 Å². The van der Waals surface area contributed by atoms with Gasteiger partial charge in [-0.25, -0.2) is 8.42 Å². The third-order valence-corrected chi connectivity index (χ3v) is 5.94. The van der Waals surface area contributed by atoms with Crippen molar-refractivity contribution in [1.82, 2.24) is 9.29 Å². The van der Waals surface area contributed by atoms with Crippen molar-refractivity contribution in [2.75, 3.05) is 6.54 Å². The Morgan fingerprint density at radius 2 is 1.96 bits per heavy atom. The van der Waals surface area contributed by atoms with Gasteiger partial charge in [0.15, 0.2) is 0 Å². The maximum Gasteiger partial charge on any atom is 0.269 e. The standard InChI is InChI=1S/C16H17N3O4S/c20-19(21)14-8-6-13(7-9-14)12-24(22,23)18-11-3-5-16(18)15-4-1-2-10-17-15/h1-2,4,6-10,16H,3,5,11-12H2/t16-/m0/s1. The van der Waals surface area contributed by atoms with Crippen molar-refractivity contribution in [3.8, 4) is 0 Å². The van der Waals surface area contributed by atoms with Crippen LogP contribution in [0.2, 0.25) is 0 Å². The van der Waals surface area contributed by atoms with Crippen molar-refractivity contribution in [1.29, 1.82) is 0 Å². The Kier molecular flexibility index (Phi) is 4.59. The van der Waals surface area contributed by atoms with Gasteiger partial charge in [0.2, 0.25) is 10.0 Å². The highest BCUT2D eigenvalue weighted by molar-refractivity contribution is 7.88. The number of pyridine rings is 1. The first-order valence-corrected chi connectivity index (χ1v) is 9.22. The highest BCUT2D eigenvalue weighted by atomic mass is 32.2. The van der Waals surface area contributed by atoms with E-state index in [0.717, 1.165) is 18.5 Å². The van der Waals surface area contributed by atoms with Crippen LogP contribution in [0.25, 0.3) is 0 Å². The average Bonchev–Trinajstić information content (AvgIpc) is 3.06. The zero-order chi connectivity index (χ0) is 17.2. The molecule has 0 unspecified atom stereocenters. The fourth-order valence-electron chi connectivity index (χ4n) is 2.95. The van der Waals surface area contributed by atoms with Gasteiger partial charge in [-0.15, -0.1) is 0 Å². The van der Waals surface area contributed by atoms with Crippen LogP contribution < -0.4 is 0 Å². The van der Waals surface area contributed by atoms with E-state index in [1.165, 1.54) is 28.6 Å². The first-order valence-electron chi connectivity index (χ1n) is 7.61. The van der Waals surface area contributed by atoms with Gasteiger partial charge >= 0.3 is 0 Å². The van der Waals surface area contributed by atoms with Crippen molar-refractivity contribution in [3.63, 3.8) is 0 Å². The summed E-state index contributed by atoms with van der Waals surface area (Å²) in [7, 11) is -3.52. The molecule has 1 fully saturated rings.